The van der Waals surface area contributed by atoms with Crippen molar-refractivity contribution in [3.05, 3.63) is 45.3 Å². The molecule has 0 aliphatic carbocycles. The molecule has 1 aromatic heterocycles. The monoisotopic (exact) mass is 289 g/mol. The summed E-state index contributed by atoms with van der Waals surface area (Å²) in [4.78, 5) is 10.7. The zero-order chi connectivity index (χ0) is 15.4. The summed E-state index contributed by atoms with van der Waals surface area (Å²) in [5.74, 6) is 0. The first kappa shape index (κ1) is 15.1. The molecule has 7 nitrogen and oxygen atoms in total. The Morgan fingerprint density at radius 2 is 2.05 bits per heavy atom. The molecule has 0 aliphatic rings. The van der Waals surface area contributed by atoms with Gasteiger partial charge in [0.05, 0.1) is 22.5 Å². The van der Waals surface area contributed by atoms with Gasteiger partial charge in [0.2, 0.25) is 0 Å². The lowest BCUT2D eigenvalue weighted by atomic mass is 10.1. The van der Waals surface area contributed by atoms with Gasteiger partial charge in [0.1, 0.15) is 0 Å². The Morgan fingerprint density at radius 1 is 1.29 bits per heavy atom. The van der Waals surface area contributed by atoms with Gasteiger partial charge in [-0.2, -0.15) is 0 Å². The van der Waals surface area contributed by atoms with E-state index in [1.54, 1.807) is 23.7 Å². The Labute approximate surface area is 122 Å². The second-order valence-corrected chi connectivity index (χ2v) is 5.08. The summed E-state index contributed by atoms with van der Waals surface area (Å²) in [5, 5.41) is 19.2. The highest BCUT2D eigenvalue weighted by atomic mass is 16.6. The van der Waals surface area contributed by atoms with E-state index in [0.717, 1.165) is 30.5 Å². The first-order chi connectivity index (χ1) is 10.0. The van der Waals surface area contributed by atoms with Gasteiger partial charge in [-0.25, -0.2) is 4.68 Å². The summed E-state index contributed by atoms with van der Waals surface area (Å²) < 4.78 is 1.60. The van der Waals surface area contributed by atoms with Crippen LogP contribution in [0, 0.1) is 24.0 Å². The quantitative estimate of drug-likeness (QED) is 0.498. The number of aromatic nitrogens is 3. The predicted octanol–water partition coefficient (Wildman–Crippen LogP) is 2.07. The van der Waals surface area contributed by atoms with Crippen LogP contribution in [0.5, 0.6) is 0 Å². The average molecular weight is 289 g/mol. The van der Waals surface area contributed by atoms with Crippen LogP contribution in [0.3, 0.4) is 0 Å². The van der Waals surface area contributed by atoms with Crippen molar-refractivity contribution in [2.24, 2.45) is 5.73 Å². The molecule has 0 atom stereocenters. The van der Waals surface area contributed by atoms with E-state index in [9.17, 15) is 10.1 Å². The van der Waals surface area contributed by atoms with Crippen LogP contribution in [0.1, 0.15) is 29.7 Å². The zero-order valence-corrected chi connectivity index (χ0v) is 12.2. The molecule has 0 unspecified atom stereocenters. The van der Waals surface area contributed by atoms with Crippen molar-refractivity contribution in [2.75, 3.05) is 6.54 Å². The molecule has 2 aromatic rings. The Hall–Kier alpha value is -2.28. The van der Waals surface area contributed by atoms with Crippen molar-refractivity contribution in [1.29, 1.82) is 0 Å². The molecule has 0 fully saturated rings. The van der Waals surface area contributed by atoms with Gasteiger partial charge in [-0.1, -0.05) is 5.21 Å². The SMILES string of the molecule is Cc1cc(C)c([N+](=O)[O-])cc1-n1cc(CCCCN)nn1. The van der Waals surface area contributed by atoms with Crippen LogP contribution in [0.4, 0.5) is 5.69 Å². The molecule has 112 valence electrons. The average Bonchev–Trinajstić information content (AvgIpc) is 2.87. The topological polar surface area (TPSA) is 99.9 Å². The molecule has 1 heterocycles. The van der Waals surface area contributed by atoms with Gasteiger partial charge < -0.3 is 5.73 Å². The fraction of sp³-hybridized carbons (Fsp3) is 0.429. The van der Waals surface area contributed by atoms with E-state index in [4.69, 9.17) is 5.73 Å². The number of nitro groups is 1. The molecule has 2 rings (SSSR count). The second kappa shape index (κ2) is 6.45. The van der Waals surface area contributed by atoms with Crippen LogP contribution in [-0.2, 0) is 6.42 Å². The van der Waals surface area contributed by atoms with Crippen LogP contribution in [-0.4, -0.2) is 26.5 Å². The minimum absolute atomic E-state index is 0.0933. The molecule has 0 radical (unpaired) electrons. The van der Waals surface area contributed by atoms with Gasteiger partial charge >= 0.3 is 0 Å². The van der Waals surface area contributed by atoms with Gasteiger partial charge in [0.15, 0.2) is 0 Å². The number of nitrogens with two attached hydrogens (primary N) is 1. The Kier molecular flexibility index (Phi) is 4.64. The number of aryl methyl sites for hydroxylation is 3. The molecule has 0 amide bonds. The van der Waals surface area contributed by atoms with Crippen molar-refractivity contribution < 1.29 is 4.92 Å². The molecule has 7 heteroatoms. The van der Waals surface area contributed by atoms with Gasteiger partial charge in [-0.05, 0) is 51.3 Å². The molecule has 0 spiro atoms. The third-order valence-corrected chi connectivity index (χ3v) is 3.39. The summed E-state index contributed by atoms with van der Waals surface area (Å²) >= 11 is 0. The first-order valence-electron chi connectivity index (χ1n) is 6.90. The lowest BCUT2D eigenvalue weighted by Gasteiger charge is -2.06. The van der Waals surface area contributed by atoms with E-state index in [2.05, 4.69) is 10.3 Å². The lowest BCUT2D eigenvalue weighted by Crippen LogP contribution is -2.01. The molecule has 0 saturated carbocycles. The molecule has 21 heavy (non-hydrogen) atoms. The predicted molar refractivity (Wildman–Crippen MR) is 79.5 cm³/mol. The third kappa shape index (κ3) is 3.43. The number of nitro benzene ring substituents is 1. The molecular formula is C14H19N5O2. The van der Waals surface area contributed by atoms with E-state index in [0.29, 0.717) is 17.8 Å². The molecule has 2 N–H and O–H groups in total. The molecule has 1 aromatic carbocycles. The van der Waals surface area contributed by atoms with Gasteiger partial charge in [-0.15, -0.1) is 5.10 Å². The van der Waals surface area contributed by atoms with Crippen molar-refractivity contribution in [3.63, 3.8) is 0 Å². The van der Waals surface area contributed by atoms with Crippen molar-refractivity contribution in [3.8, 4) is 5.69 Å². The van der Waals surface area contributed by atoms with Gasteiger partial charge in [0, 0.05) is 11.6 Å². The van der Waals surface area contributed by atoms with E-state index >= 15 is 0 Å². The van der Waals surface area contributed by atoms with Crippen LogP contribution >= 0.6 is 0 Å². The smallest absolute Gasteiger partial charge is 0.274 e. The molecule has 0 aliphatic heterocycles. The summed E-state index contributed by atoms with van der Waals surface area (Å²) in [7, 11) is 0. The Balaban J connectivity index is 2.29. The molecule has 0 saturated heterocycles. The summed E-state index contributed by atoms with van der Waals surface area (Å²) in [5.41, 5.74) is 8.68. The third-order valence-electron chi connectivity index (χ3n) is 3.39. The number of hydrogen-bond donors (Lipinski definition) is 1. The van der Waals surface area contributed by atoms with Gasteiger partial charge in [-0.3, -0.25) is 10.1 Å². The van der Waals surface area contributed by atoms with Crippen molar-refractivity contribution >= 4 is 5.69 Å². The zero-order valence-electron chi connectivity index (χ0n) is 12.2. The first-order valence-corrected chi connectivity index (χ1v) is 6.90. The Morgan fingerprint density at radius 3 is 2.71 bits per heavy atom. The highest BCUT2D eigenvalue weighted by Crippen LogP contribution is 2.25. The van der Waals surface area contributed by atoms with E-state index in [1.165, 1.54) is 0 Å². The van der Waals surface area contributed by atoms with Gasteiger partial charge in [0.25, 0.3) is 5.69 Å². The van der Waals surface area contributed by atoms with Crippen LogP contribution in [0.2, 0.25) is 0 Å². The second-order valence-electron chi connectivity index (χ2n) is 5.08. The van der Waals surface area contributed by atoms with Crippen LogP contribution < -0.4 is 5.73 Å². The summed E-state index contributed by atoms with van der Waals surface area (Å²) in [6, 6.07) is 3.34. The summed E-state index contributed by atoms with van der Waals surface area (Å²) in [6.07, 6.45) is 4.53. The minimum Gasteiger partial charge on any atom is -0.330 e. The summed E-state index contributed by atoms with van der Waals surface area (Å²) in [6.45, 7) is 4.30. The van der Waals surface area contributed by atoms with E-state index < -0.39 is 0 Å². The maximum atomic E-state index is 11.0. The maximum absolute atomic E-state index is 11.0. The largest absolute Gasteiger partial charge is 0.330 e. The maximum Gasteiger partial charge on any atom is 0.274 e. The lowest BCUT2D eigenvalue weighted by molar-refractivity contribution is -0.385. The molecular weight excluding hydrogens is 270 g/mol. The number of nitrogens with zero attached hydrogens (tertiary/aromatic N) is 4. The Bertz CT molecular complexity index is 651. The highest BCUT2D eigenvalue weighted by Gasteiger charge is 2.15. The molecule has 0 bridgehead atoms. The number of hydrogen-bond acceptors (Lipinski definition) is 5. The van der Waals surface area contributed by atoms with E-state index in [1.807, 2.05) is 13.1 Å². The van der Waals surface area contributed by atoms with E-state index in [-0.39, 0.29) is 10.6 Å². The minimum atomic E-state index is -0.378. The normalized spacial score (nSPS) is 10.8. The standard InChI is InChI=1S/C14H19N5O2/c1-10-7-11(2)14(19(20)21)8-13(10)18-9-12(16-17-18)5-3-4-6-15/h7-9H,3-6,15H2,1-2H3. The van der Waals surface area contributed by atoms with Crippen molar-refractivity contribution in [2.45, 2.75) is 33.1 Å². The fourth-order valence-electron chi connectivity index (χ4n) is 2.25. The van der Waals surface area contributed by atoms with Crippen LogP contribution in [0.25, 0.3) is 5.69 Å². The fourth-order valence-corrected chi connectivity index (χ4v) is 2.25. The van der Waals surface area contributed by atoms with Crippen LogP contribution in [0.15, 0.2) is 18.3 Å². The number of unbranched alkanes of at least 4 members (excludes halogenated alkanes) is 1. The number of benzene rings is 1. The van der Waals surface area contributed by atoms with Crippen molar-refractivity contribution in [1.82, 2.24) is 15.0 Å². The highest BCUT2D eigenvalue weighted by molar-refractivity contribution is 5.53. The number of rotatable bonds is 6.